The number of carbonyl (C=O) groups excluding carboxylic acids is 1. The third-order valence-corrected chi connectivity index (χ3v) is 6.37. The number of carbonyl (C=O) groups is 3. The van der Waals surface area contributed by atoms with E-state index in [1.165, 1.54) is 12.8 Å². The Kier molecular flexibility index (Phi) is 11.5. The highest BCUT2D eigenvalue weighted by molar-refractivity contribution is 5.79. The molecule has 0 bridgehead atoms. The minimum Gasteiger partial charge on any atom is -0.475 e. The van der Waals surface area contributed by atoms with Crippen molar-refractivity contribution in [1.29, 1.82) is 0 Å². The zero-order chi connectivity index (χ0) is 29.4. The number of carboxylic acids is 2. The molecule has 3 fully saturated rings. The van der Waals surface area contributed by atoms with Crippen molar-refractivity contribution in [3.05, 3.63) is 29.6 Å². The molecule has 2 aliphatic heterocycles. The van der Waals surface area contributed by atoms with Crippen LogP contribution in [0, 0.1) is 24.7 Å². The van der Waals surface area contributed by atoms with Crippen LogP contribution in [0.25, 0.3) is 0 Å². The predicted octanol–water partition coefficient (Wildman–Crippen LogP) is 3.41. The first-order chi connectivity index (χ1) is 18.1. The summed E-state index contributed by atoms with van der Waals surface area (Å²) in [6, 6.07) is 6.20. The van der Waals surface area contributed by atoms with E-state index in [0.717, 1.165) is 62.9 Å². The first-order valence-corrected chi connectivity index (χ1v) is 12.2. The summed E-state index contributed by atoms with van der Waals surface area (Å²) in [5, 5.41) is 17.4. The molecule has 4 rings (SSSR count). The van der Waals surface area contributed by atoms with Gasteiger partial charge >= 0.3 is 24.3 Å². The van der Waals surface area contributed by atoms with Crippen molar-refractivity contribution >= 4 is 17.8 Å². The lowest BCUT2D eigenvalue weighted by Gasteiger charge is -2.44. The fraction of sp³-hybridized carbons (Fsp3) is 0.667. The summed E-state index contributed by atoms with van der Waals surface area (Å²) in [4.78, 5) is 37.6. The van der Waals surface area contributed by atoms with Crippen LogP contribution in [0.2, 0.25) is 0 Å². The van der Waals surface area contributed by atoms with Gasteiger partial charge in [0.05, 0.1) is 11.8 Å². The van der Waals surface area contributed by atoms with Gasteiger partial charge in [-0.15, -0.1) is 0 Å². The smallest absolute Gasteiger partial charge is 0.475 e. The van der Waals surface area contributed by atoms with Gasteiger partial charge in [0, 0.05) is 50.3 Å². The number of alkyl halides is 6. The summed E-state index contributed by atoms with van der Waals surface area (Å²) >= 11 is 0. The van der Waals surface area contributed by atoms with Crippen LogP contribution in [0.3, 0.4) is 0 Å². The van der Waals surface area contributed by atoms with E-state index in [1.807, 2.05) is 13.0 Å². The van der Waals surface area contributed by atoms with E-state index in [0.29, 0.717) is 5.92 Å². The van der Waals surface area contributed by atoms with Crippen molar-refractivity contribution in [3.63, 3.8) is 0 Å². The largest absolute Gasteiger partial charge is 0.490 e. The van der Waals surface area contributed by atoms with E-state index < -0.39 is 24.3 Å². The molecule has 3 atom stereocenters. The van der Waals surface area contributed by atoms with Crippen molar-refractivity contribution in [1.82, 2.24) is 15.2 Å². The minimum absolute atomic E-state index is 0.103. The van der Waals surface area contributed by atoms with Gasteiger partial charge in [0.25, 0.3) is 0 Å². The topological polar surface area (TPSA) is 129 Å². The average molecular weight is 572 g/mol. The molecule has 39 heavy (non-hydrogen) atoms. The number of piperidine rings is 1. The maximum absolute atomic E-state index is 12.7. The monoisotopic (exact) mass is 571 g/mol. The number of rotatable bonds is 5. The molecule has 1 aromatic rings. The van der Waals surface area contributed by atoms with Crippen LogP contribution < -0.4 is 5.32 Å². The quantitative estimate of drug-likeness (QED) is 0.459. The van der Waals surface area contributed by atoms with Crippen molar-refractivity contribution in [2.45, 2.75) is 57.6 Å². The van der Waals surface area contributed by atoms with Gasteiger partial charge in [-0.2, -0.15) is 26.3 Å². The normalized spacial score (nSPS) is 23.2. The van der Waals surface area contributed by atoms with Crippen LogP contribution in [-0.2, 0) is 25.7 Å². The summed E-state index contributed by atoms with van der Waals surface area (Å²) in [7, 11) is 0. The Hall–Kier alpha value is -2.94. The van der Waals surface area contributed by atoms with Crippen molar-refractivity contribution in [2.24, 2.45) is 17.8 Å². The van der Waals surface area contributed by atoms with E-state index in [9.17, 15) is 31.1 Å². The van der Waals surface area contributed by atoms with Crippen molar-refractivity contribution in [3.8, 4) is 0 Å². The van der Waals surface area contributed by atoms with Gasteiger partial charge in [-0.05, 0) is 50.7 Å². The summed E-state index contributed by atoms with van der Waals surface area (Å²) in [5.74, 6) is -4.12. The highest BCUT2D eigenvalue weighted by atomic mass is 19.4. The number of hydrogen-bond donors (Lipinski definition) is 3. The number of halogens is 6. The van der Waals surface area contributed by atoms with Crippen LogP contribution in [0.5, 0.6) is 0 Å². The molecule has 220 valence electrons. The molecule has 9 nitrogen and oxygen atoms in total. The van der Waals surface area contributed by atoms with Crippen LogP contribution in [0.1, 0.15) is 37.1 Å². The Balaban J connectivity index is 0.000000317. The number of pyridine rings is 1. The standard InChI is InChI=1S/C20H29N3O2.2C2HF3O2/c1-14-3-2-4-16(22-14)12-23-9-7-19-18(13-23)17(8-10-25-19)20(24)21-11-15-5-6-15;2*3-2(4,5)1(6)7/h2-4,15,17-19H,5-13H2,1H3,(H,21,24);2*(H,6,7)/t17-,18-,19-;;/m1../s1. The minimum atomic E-state index is -5.08. The predicted molar refractivity (Wildman–Crippen MR) is 123 cm³/mol. The van der Waals surface area contributed by atoms with Crippen molar-refractivity contribution < 1.29 is 55.7 Å². The Labute approximate surface area is 220 Å². The molecule has 3 aliphatic rings. The molecule has 1 aliphatic carbocycles. The second kappa shape index (κ2) is 13.9. The first kappa shape index (κ1) is 32.3. The second-order valence-electron chi connectivity index (χ2n) is 9.56. The van der Waals surface area contributed by atoms with E-state index in [4.69, 9.17) is 24.5 Å². The fourth-order valence-electron chi connectivity index (χ4n) is 4.27. The van der Waals surface area contributed by atoms with Crippen LogP contribution in [-0.4, -0.2) is 82.6 Å². The Morgan fingerprint density at radius 3 is 2.13 bits per heavy atom. The van der Waals surface area contributed by atoms with Gasteiger partial charge in [0.1, 0.15) is 0 Å². The molecule has 0 spiro atoms. The van der Waals surface area contributed by atoms with Crippen molar-refractivity contribution in [2.75, 3.05) is 26.2 Å². The van der Waals surface area contributed by atoms with E-state index in [-0.39, 0.29) is 17.9 Å². The number of aromatic nitrogens is 1. The van der Waals surface area contributed by atoms with E-state index in [2.05, 4.69) is 27.3 Å². The third kappa shape index (κ3) is 11.4. The van der Waals surface area contributed by atoms with Crippen LogP contribution >= 0.6 is 0 Å². The lowest BCUT2D eigenvalue weighted by molar-refractivity contribution is -0.193. The van der Waals surface area contributed by atoms with Gasteiger partial charge < -0.3 is 20.3 Å². The average Bonchev–Trinajstić information content (AvgIpc) is 3.66. The van der Waals surface area contributed by atoms with E-state index >= 15 is 0 Å². The molecular formula is C24H31F6N3O6. The highest BCUT2D eigenvalue weighted by Crippen LogP contribution is 2.34. The maximum Gasteiger partial charge on any atom is 0.490 e. The van der Waals surface area contributed by atoms with Gasteiger partial charge in [-0.3, -0.25) is 14.7 Å². The number of nitrogens with zero attached hydrogens (tertiary/aromatic N) is 2. The summed E-state index contributed by atoms with van der Waals surface area (Å²) < 4.78 is 69.5. The molecule has 0 unspecified atom stereocenters. The van der Waals surface area contributed by atoms with Gasteiger partial charge in [0.15, 0.2) is 0 Å². The van der Waals surface area contributed by atoms with Gasteiger partial charge in [-0.1, -0.05) is 6.07 Å². The molecule has 0 radical (unpaired) electrons. The number of aliphatic carboxylic acids is 2. The lowest BCUT2D eigenvalue weighted by Crippen LogP contribution is -2.53. The number of likely N-dealkylation sites (tertiary alicyclic amines) is 1. The summed E-state index contributed by atoms with van der Waals surface area (Å²) in [6.07, 6.45) is -5.50. The second-order valence-corrected chi connectivity index (χ2v) is 9.56. The molecule has 3 N–H and O–H groups in total. The Bertz CT molecular complexity index is 962. The Morgan fingerprint density at radius 2 is 1.62 bits per heavy atom. The molecule has 1 amide bonds. The van der Waals surface area contributed by atoms with Crippen LogP contribution in [0.4, 0.5) is 26.3 Å². The van der Waals surface area contributed by atoms with Gasteiger partial charge in [0.2, 0.25) is 5.91 Å². The zero-order valence-corrected chi connectivity index (χ0v) is 21.1. The number of nitrogens with one attached hydrogen (secondary N) is 1. The molecule has 3 heterocycles. The van der Waals surface area contributed by atoms with Gasteiger partial charge in [-0.25, -0.2) is 9.59 Å². The number of amides is 1. The molecule has 0 aromatic carbocycles. The third-order valence-electron chi connectivity index (χ3n) is 6.37. The lowest BCUT2D eigenvalue weighted by atomic mass is 9.79. The number of carboxylic acid groups (broad SMARTS) is 2. The molecule has 1 saturated carbocycles. The summed E-state index contributed by atoms with van der Waals surface area (Å²) in [5.41, 5.74) is 2.18. The number of aryl methyl sites for hydroxylation is 1. The molecule has 2 saturated heterocycles. The SMILES string of the molecule is Cc1cccc(CN2CC[C@H]3OCC[C@@H](C(=O)NCC4CC4)[C@H]3C2)n1.O=C(O)C(F)(F)F.O=C(O)C(F)(F)F. The number of hydrogen-bond acceptors (Lipinski definition) is 6. The molecule has 15 heteroatoms. The molecule has 1 aromatic heterocycles. The van der Waals surface area contributed by atoms with E-state index in [1.54, 1.807) is 0 Å². The number of ether oxygens (including phenoxy) is 1. The maximum atomic E-state index is 12.7. The van der Waals surface area contributed by atoms with Crippen LogP contribution in [0.15, 0.2) is 18.2 Å². The number of fused-ring (bicyclic) bond motifs is 1. The first-order valence-electron chi connectivity index (χ1n) is 12.2. The molecular weight excluding hydrogens is 540 g/mol. The summed E-state index contributed by atoms with van der Waals surface area (Å²) in [6.45, 7) is 6.44. The zero-order valence-electron chi connectivity index (χ0n) is 21.1. The fourth-order valence-corrected chi connectivity index (χ4v) is 4.27. The highest BCUT2D eigenvalue weighted by Gasteiger charge is 2.42. The Morgan fingerprint density at radius 1 is 1.03 bits per heavy atom.